The molecular weight excluding hydrogens is 312 g/mol. The van der Waals surface area contributed by atoms with E-state index in [1.54, 1.807) is 0 Å². The first-order chi connectivity index (χ1) is 10.3. The molecule has 2 aliphatic rings. The van der Waals surface area contributed by atoms with Gasteiger partial charge in [-0.2, -0.15) is 4.31 Å². The van der Waals surface area contributed by atoms with E-state index in [1.807, 2.05) is 0 Å². The predicted octanol–water partition coefficient (Wildman–Crippen LogP) is -0.943. The molecule has 2 aliphatic heterocycles. The lowest BCUT2D eigenvalue weighted by molar-refractivity contribution is -0.384. The summed E-state index contributed by atoms with van der Waals surface area (Å²) in [6, 6.07) is 4.67. The Hall–Kier alpha value is -2.04. The molecule has 2 N–H and O–H groups in total. The number of benzene rings is 1. The van der Waals surface area contributed by atoms with Crippen molar-refractivity contribution >= 4 is 21.6 Å². The highest BCUT2D eigenvalue weighted by molar-refractivity contribution is 7.89. The molecule has 118 valence electrons. The maximum atomic E-state index is 12.8. The smallest absolute Gasteiger partial charge is 0.269 e. The summed E-state index contributed by atoms with van der Waals surface area (Å²) in [6.07, 6.45) is 0. The third-order valence-corrected chi connectivity index (χ3v) is 5.94. The van der Waals surface area contributed by atoms with Crippen molar-refractivity contribution in [3.63, 3.8) is 0 Å². The van der Waals surface area contributed by atoms with Gasteiger partial charge < -0.3 is 10.6 Å². The van der Waals surface area contributed by atoms with E-state index in [1.165, 1.54) is 16.4 Å². The topological polar surface area (TPSA) is 122 Å². The van der Waals surface area contributed by atoms with Gasteiger partial charge in [0.25, 0.3) is 5.69 Å². The summed E-state index contributed by atoms with van der Waals surface area (Å²) >= 11 is 0. The van der Waals surface area contributed by atoms with Gasteiger partial charge in [-0.05, 0) is 12.1 Å². The number of carbonyl (C=O) groups excluding carboxylic acids is 1. The first kappa shape index (κ1) is 14.9. The highest BCUT2D eigenvalue weighted by Gasteiger charge is 2.51. The fourth-order valence-corrected chi connectivity index (χ4v) is 4.35. The van der Waals surface area contributed by atoms with Crippen LogP contribution in [0.3, 0.4) is 0 Å². The molecular formula is C12H14N4O5S. The number of hydrogen-bond acceptors (Lipinski definition) is 6. The number of amides is 1. The van der Waals surface area contributed by atoms with Crippen LogP contribution in [-0.2, 0) is 14.8 Å². The van der Waals surface area contributed by atoms with Gasteiger partial charge in [0.2, 0.25) is 15.9 Å². The molecule has 1 aromatic rings. The normalized spacial score (nSPS) is 21.2. The van der Waals surface area contributed by atoms with Crippen LogP contribution in [0, 0.1) is 10.1 Å². The molecule has 1 aromatic carbocycles. The average molecular weight is 326 g/mol. The lowest BCUT2D eigenvalue weighted by Gasteiger charge is -2.51. The minimum absolute atomic E-state index is 0.0564. The van der Waals surface area contributed by atoms with E-state index in [4.69, 9.17) is 0 Å². The lowest BCUT2D eigenvalue weighted by Crippen LogP contribution is -2.77. The largest absolute Gasteiger partial charge is 0.353 e. The molecule has 0 radical (unpaired) electrons. The molecule has 2 fully saturated rings. The highest BCUT2D eigenvalue weighted by Crippen LogP contribution is 2.30. The standard InChI is InChI=1S/C12H14N4O5S/c17-11-5-15(12(8-14-11)6-13-7-12)22(20,21)10-3-1-9(2-4-10)16(18)19/h1-4,13H,5-8H2,(H,14,17). The van der Waals surface area contributed by atoms with Crippen molar-refractivity contribution in [1.82, 2.24) is 14.9 Å². The first-order valence-electron chi connectivity index (χ1n) is 6.60. The highest BCUT2D eigenvalue weighted by atomic mass is 32.2. The number of nitro groups is 1. The van der Waals surface area contributed by atoms with Crippen molar-refractivity contribution in [3.8, 4) is 0 Å². The molecule has 0 atom stereocenters. The van der Waals surface area contributed by atoms with Gasteiger partial charge in [0.15, 0.2) is 0 Å². The van der Waals surface area contributed by atoms with E-state index in [-0.39, 0.29) is 29.6 Å². The van der Waals surface area contributed by atoms with E-state index in [2.05, 4.69) is 10.6 Å². The van der Waals surface area contributed by atoms with Crippen molar-refractivity contribution in [2.24, 2.45) is 0 Å². The van der Waals surface area contributed by atoms with Crippen molar-refractivity contribution < 1.29 is 18.1 Å². The number of carbonyl (C=O) groups is 1. The molecule has 0 aliphatic carbocycles. The molecule has 2 saturated heterocycles. The zero-order valence-corrected chi connectivity index (χ0v) is 12.3. The number of hydrogen-bond donors (Lipinski definition) is 2. The molecule has 2 heterocycles. The molecule has 0 aromatic heterocycles. The van der Waals surface area contributed by atoms with E-state index >= 15 is 0 Å². The van der Waals surface area contributed by atoms with Gasteiger partial charge in [-0.25, -0.2) is 8.42 Å². The number of nitrogens with zero attached hydrogens (tertiary/aromatic N) is 2. The quantitative estimate of drug-likeness (QED) is 0.546. The molecule has 0 bridgehead atoms. The summed E-state index contributed by atoms with van der Waals surface area (Å²) in [4.78, 5) is 21.6. The molecule has 1 spiro atoms. The fourth-order valence-electron chi connectivity index (χ4n) is 2.63. The Morgan fingerprint density at radius 2 is 1.82 bits per heavy atom. The maximum Gasteiger partial charge on any atom is 0.269 e. The third-order valence-electron chi connectivity index (χ3n) is 3.97. The van der Waals surface area contributed by atoms with Gasteiger partial charge in [0, 0.05) is 31.8 Å². The SMILES string of the molecule is O=C1CN(S(=O)(=O)c2ccc([N+](=O)[O-])cc2)C2(CNC2)CN1. The monoisotopic (exact) mass is 326 g/mol. The molecule has 0 saturated carbocycles. The Bertz CT molecular complexity index is 726. The van der Waals surface area contributed by atoms with Gasteiger partial charge >= 0.3 is 0 Å². The minimum atomic E-state index is -3.90. The number of sulfonamides is 1. The number of piperazine rings is 1. The van der Waals surface area contributed by atoms with E-state index < -0.39 is 20.5 Å². The molecule has 9 nitrogen and oxygen atoms in total. The van der Waals surface area contributed by atoms with Crippen LogP contribution < -0.4 is 10.6 Å². The number of nitrogens with one attached hydrogen (secondary N) is 2. The molecule has 3 rings (SSSR count). The zero-order valence-electron chi connectivity index (χ0n) is 11.5. The van der Waals surface area contributed by atoms with E-state index in [0.717, 1.165) is 12.1 Å². The van der Waals surface area contributed by atoms with Crippen LogP contribution in [0.5, 0.6) is 0 Å². The Labute approximate surface area is 126 Å². The van der Waals surface area contributed by atoms with Crippen LogP contribution in [0.2, 0.25) is 0 Å². The van der Waals surface area contributed by atoms with E-state index in [0.29, 0.717) is 13.1 Å². The van der Waals surface area contributed by atoms with Crippen molar-refractivity contribution in [1.29, 1.82) is 0 Å². The number of nitro benzene ring substituents is 1. The predicted molar refractivity (Wildman–Crippen MR) is 75.6 cm³/mol. The van der Waals surface area contributed by atoms with Crippen LogP contribution in [0.1, 0.15) is 0 Å². The molecule has 10 heteroatoms. The average Bonchev–Trinajstić information content (AvgIpc) is 2.45. The van der Waals surface area contributed by atoms with Crippen LogP contribution in [0.4, 0.5) is 5.69 Å². The number of non-ortho nitro benzene ring substituents is 1. The van der Waals surface area contributed by atoms with Gasteiger partial charge in [-0.1, -0.05) is 0 Å². The van der Waals surface area contributed by atoms with Gasteiger partial charge in [0.1, 0.15) is 0 Å². The molecule has 1 amide bonds. The van der Waals surface area contributed by atoms with Crippen LogP contribution in [-0.4, -0.2) is 55.3 Å². The fraction of sp³-hybridized carbons (Fsp3) is 0.417. The zero-order chi connectivity index (χ0) is 16.0. The molecule has 22 heavy (non-hydrogen) atoms. The van der Waals surface area contributed by atoms with Gasteiger partial charge in [-0.3, -0.25) is 14.9 Å². The van der Waals surface area contributed by atoms with Crippen molar-refractivity contribution in [2.45, 2.75) is 10.4 Å². The minimum Gasteiger partial charge on any atom is -0.353 e. The second-order valence-electron chi connectivity index (χ2n) is 5.37. The summed E-state index contributed by atoms with van der Waals surface area (Å²) in [5.41, 5.74) is -0.843. The summed E-state index contributed by atoms with van der Waals surface area (Å²) < 4.78 is 26.7. The maximum absolute atomic E-state index is 12.8. The van der Waals surface area contributed by atoms with Crippen molar-refractivity contribution in [3.05, 3.63) is 34.4 Å². The second kappa shape index (κ2) is 5.00. The van der Waals surface area contributed by atoms with Gasteiger partial charge in [-0.15, -0.1) is 0 Å². The Morgan fingerprint density at radius 1 is 1.18 bits per heavy atom. The second-order valence-corrected chi connectivity index (χ2v) is 7.23. The number of rotatable bonds is 3. The van der Waals surface area contributed by atoms with Crippen LogP contribution in [0.15, 0.2) is 29.2 Å². The summed E-state index contributed by atoms with van der Waals surface area (Å²) in [6.45, 7) is 0.922. The van der Waals surface area contributed by atoms with Gasteiger partial charge in [0.05, 0.1) is 21.9 Å². The Morgan fingerprint density at radius 3 is 2.32 bits per heavy atom. The van der Waals surface area contributed by atoms with Crippen LogP contribution in [0.25, 0.3) is 0 Å². The van der Waals surface area contributed by atoms with E-state index in [9.17, 15) is 23.3 Å². The summed E-state index contributed by atoms with van der Waals surface area (Å²) in [7, 11) is -3.90. The lowest BCUT2D eigenvalue weighted by atomic mass is 9.90. The van der Waals surface area contributed by atoms with Crippen LogP contribution >= 0.6 is 0 Å². The Balaban J connectivity index is 1.96. The summed E-state index contributed by atoms with van der Waals surface area (Å²) in [5.74, 6) is -0.358. The van der Waals surface area contributed by atoms with Crippen molar-refractivity contribution in [2.75, 3.05) is 26.2 Å². The molecule has 0 unspecified atom stereocenters. The summed E-state index contributed by atoms with van der Waals surface area (Å²) in [5, 5.41) is 16.3. The first-order valence-corrected chi connectivity index (χ1v) is 8.04. The Kier molecular flexibility index (Phi) is 3.38. The third kappa shape index (κ3) is 2.25.